The van der Waals surface area contributed by atoms with E-state index in [1.54, 1.807) is 48.5 Å². The molecule has 1 heterocycles. The summed E-state index contributed by atoms with van der Waals surface area (Å²) in [4.78, 5) is 13.4. The van der Waals surface area contributed by atoms with Crippen LogP contribution in [0.5, 0.6) is 5.75 Å². The van der Waals surface area contributed by atoms with Crippen molar-refractivity contribution in [2.24, 2.45) is 5.10 Å². The van der Waals surface area contributed by atoms with E-state index in [0.29, 0.717) is 16.6 Å². The molecular formula is C23H19N5O6-2. The van der Waals surface area contributed by atoms with Crippen LogP contribution in [-0.4, -0.2) is 25.9 Å². The number of fused-ring (bicyclic) bond motifs is 1. The van der Waals surface area contributed by atoms with E-state index in [1.807, 2.05) is 6.07 Å². The number of nitrogens with zero attached hydrogens (tertiary/aromatic N) is 4. The summed E-state index contributed by atoms with van der Waals surface area (Å²) in [6, 6.07) is 19.0. The molecule has 0 saturated carbocycles. The van der Waals surface area contributed by atoms with Gasteiger partial charge in [-0.1, -0.05) is 42.1 Å². The van der Waals surface area contributed by atoms with Gasteiger partial charge in [0.05, 0.1) is 28.2 Å². The third kappa shape index (κ3) is 4.14. The van der Waals surface area contributed by atoms with Gasteiger partial charge in [0.15, 0.2) is 0 Å². The minimum atomic E-state index is -0.568. The molecule has 0 amide bonds. The Morgan fingerprint density at radius 3 is 2.35 bits per heavy atom. The second kappa shape index (κ2) is 9.21. The first-order chi connectivity index (χ1) is 16.3. The van der Waals surface area contributed by atoms with Gasteiger partial charge in [-0.3, -0.25) is 30.4 Å². The molecule has 11 heteroatoms. The van der Waals surface area contributed by atoms with E-state index in [1.165, 1.54) is 23.6 Å². The number of benzene rings is 3. The van der Waals surface area contributed by atoms with Crippen molar-refractivity contribution in [3.63, 3.8) is 0 Å². The lowest BCUT2D eigenvalue weighted by Crippen LogP contribution is -2.27. The largest absolute Gasteiger partial charge is 0.871 e. The fourth-order valence-electron chi connectivity index (χ4n) is 3.57. The highest BCUT2D eigenvalue weighted by molar-refractivity contribution is 6.05. The Labute approximate surface area is 192 Å². The zero-order chi connectivity index (χ0) is 24.4. The average Bonchev–Trinajstić information content (AvgIpc) is 2.83. The molecule has 4 rings (SSSR count). The lowest BCUT2D eigenvalue weighted by molar-refractivity contribution is -0.266. The van der Waals surface area contributed by atoms with Crippen molar-refractivity contribution in [3.05, 3.63) is 93.9 Å². The van der Waals surface area contributed by atoms with Gasteiger partial charge in [0.2, 0.25) is 0 Å². The molecule has 0 aliphatic heterocycles. The van der Waals surface area contributed by atoms with Crippen molar-refractivity contribution >= 4 is 33.7 Å². The summed E-state index contributed by atoms with van der Waals surface area (Å²) in [6.07, 6.45) is 0. The van der Waals surface area contributed by atoms with Crippen molar-refractivity contribution in [1.29, 1.82) is 0 Å². The minimum absolute atomic E-state index is 0.0200. The summed E-state index contributed by atoms with van der Waals surface area (Å²) in [5.74, 6) is -0.500. The molecule has 0 aliphatic carbocycles. The number of anilines is 3. The molecule has 1 aromatic heterocycles. The molecular weight excluding hydrogens is 442 g/mol. The average molecular weight is 461 g/mol. The third-order valence-electron chi connectivity index (χ3n) is 5.17. The van der Waals surface area contributed by atoms with Gasteiger partial charge in [-0.2, -0.15) is 5.10 Å². The standard InChI is InChI=1S/C23H20N5O6/c1-14(24-25-18-12-11-16(27(31)32)13-20(18)28(33)34)21-22(29)17-9-5-6-10-19(17)26(23(21)30)15-7-3-2-4-8-15/h2-13,25,29,31,33-34H,1H3/q-1/p-1. The number of hydrogen-bond donors (Lipinski definition) is 4. The van der Waals surface area contributed by atoms with Crippen molar-refractivity contribution < 1.29 is 20.7 Å². The molecule has 3 aromatic carbocycles. The molecule has 0 aliphatic rings. The summed E-state index contributed by atoms with van der Waals surface area (Å²) in [5.41, 5.74) is 2.34. The van der Waals surface area contributed by atoms with Gasteiger partial charge >= 0.3 is 0 Å². The van der Waals surface area contributed by atoms with E-state index in [-0.39, 0.29) is 33.6 Å². The van der Waals surface area contributed by atoms with Crippen molar-refractivity contribution in [2.45, 2.75) is 6.92 Å². The monoisotopic (exact) mass is 461 g/mol. The summed E-state index contributed by atoms with van der Waals surface area (Å²) >= 11 is 0. The molecule has 4 aromatic rings. The Balaban J connectivity index is 1.84. The number of aromatic nitrogens is 1. The molecule has 0 unspecified atom stereocenters. The second-order valence-electron chi connectivity index (χ2n) is 7.27. The van der Waals surface area contributed by atoms with Crippen molar-refractivity contribution in [3.8, 4) is 11.4 Å². The van der Waals surface area contributed by atoms with E-state index >= 15 is 0 Å². The molecule has 0 spiro atoms. The van der Waals surface area contributed by atoms with Crippen molar-refractivity contribution in [1.82, 2.24) is 4.57 Å². The van der Waals surface area contributed by atoms with Crippen LogP contribution in [0.25, 0.3) is 16.6 Å². The van der Waals surface area contributed by atoms with E-state index in [9.17, 15) is 25.5 Å². The van der Waals surface area contributed by atoms with Gasteiger partial charge in [-0.15, -0.1) is 5.23 Å². The highest BCUT2D eigenvalue weighted by Gasteiger charge is 2.16. The predicted octanol–water partition coefficient (Wildman–Crippen LogP) is 3.18. The van der Waals surface area contributed by atoms with Crippen LogP contribution in [-0.2, 0) is 0 Å². The number of rotatable bonds is 6. The lowest BCUT2D eigenvalue weighted by Gasteiger charge is -2.24. The van der Waals surface area contributed by atoms with Gasteiger partial charge in [-0.05, 0) is 48.7 Å². The third-order valence-corrected chi connectivity index (χ3v) is 5.17. The van der Waals surface area contributed by atoms with E-state index in [2.05, 4.69) is 10.5 Å². The van der Waals surface area contributed by atoms with Crippen LogP contribution in [0.4, 0.5) is 17.1 Å². The highest BCUT2D eigenvalue weighted by Crippen LogP contribution is 2.30. The first kappa shape index (κ1) is 22.8. The first-order valence-electron chi connectivity index (χ1n) is 9.98. The first-order valence-corrected chi connectivity index (χ1v) is 9.98. The highest BCUT2D eigenvalue weighted by atomic mass is 16.8. The zero-order valence-corrected chi connectivity index (χ0v) is 17.8. The summed E-state index contributed by atoms with van der Waals surface area (Å²) < 4.78 is 1.43. The molecule has 34 heavy (non-hydrogen) atoms. The van der Waals surface area contributed by atoms with Gasteiger partial charge in [-0.25, -0.2) is 0 Å². The van der Waals surface area contributed by atoms with Crippen LogP contribution in [0.1, 0.15) is 12.5 Å². The van der Waals surface area contributed by atoms with E-state index in [0.717, 1.165) is 6.07 Å². The molecule has 0 radical (unpaired) electrons. The Kier molecular flexibility index (Phi) is 6.17. The second-order valence-corrected chi connectivity index (χ2v) is 7.27. The zero-order valence-electron chi connectivity index (χ0n) is 17.8. The van der Waals surface area contributed by atoms with Crippen LogP contribution >= 0.6 is 0 Å². The van der Waals surface area contributed by atoms with Gasteiger partial charge in [0.1, 0.15) is 5.69 Å². The quantitative estimate of drug-likeness (QED) is 0.250. The molecule has 0 fully saturated rings. The van der Waals surface area contributed by atoms with Crippen molar-refractivity contribution in [2.75, 3.05) is 15.9 Å². The van der Waals surface area contributed by atoms with Crippen LogP contribution in [0, 0.1) is 5.21 Å². The molecule has 0 bridgehead atoms. The minimum Gasteiger partial charge on any atom is -0.871 e. The molecule has 0 saturated heterocycles. The van der Waals surface area contributed by atoms with E-state index in [4.69, 9.17) is 5.21 Å². The van der Waals surface area contributed by atoms with Crippen LogP contribution < -0.4 is 26.5 Å². The van der Waals surface area contributed by atoms with Crippen LogP contribution in [0.2, 0.25) is 0 Å². The smallest absolute Gasteiger partial charge is 0.264 e. The van der Waals surface area contributed by atoms with Crippen LogP contribution in [0.15, 0.2) is 82.7 Å². The summed E-state index contributed by atoms with van der Waals surface area (Å²) in [7, 11) is 0. The maximum Gasteiger partial charge on any atom is 0.264 e. The molecule has 0 atom stereocenters. The van der Waals surface area contributed by atoms with E-state index < -0.39 is 16.5 Å². The summed E-state index contributed by atoms with van der Waals surface area (Å²) in [5, 5.41) is 55.9. The fourth-order valence-corrected chi connectivity index (χ4v) is 3.57. The lowest BCUT2D eigenvalue weighted by atomic mass is 10.1. The Hall–Kier alpha value is -4.42. The molecule has 174 valence electrons. The maximum atomic E-state index is 13.4. The SMILES string of the molecule is CC(=NNc1ccc(N([O-])O)cc1N(O)O)c1c([O-])c2ccccc2n(-c2ccccc2)c1=O. The topological polar surface area (TPSA) is 160 Å². The van der Waals surface area contributed by atoms with Crippen LogP contribution in [0.3, 0.4) is 0 Å². The number of nitrogens with one attached hydrogen (secondary N) is 1. The normalized spacial score (nSPS) is 11.5. The fraction of sp³-hybridized carbons (Fsp3) is 0.0435. The number of para-hydroxylation sites is 2. The molecule has 11 nitrogen and oxygen atoms in total. The summed E-state index contributed by atoms with van der Waals surface area (Å²) in [6.45, 7) is 1.46. The number of hydrogen-bond acceptors (Lipinski definition) is 10. The Morgan fingerprint density at radius 2 is 1.68 bits per heavy atom. The van der Waals surface area contributed by atoms with Gasteiger partial charge in [0.25, 0.3) is 5.56 Å². The number of pyridine rings is 1. The predicted molar refractivity (Wildman–Crippen MR) is 125 cm³/mol. The maximum absolute atomic E-state index is 13.4. The Morgan fingerprint density at radius 1 is 1.00 bits per heavy atom. The molecule has 4 N–H and O–H groups in total. The van der Waals surface area contributed by atoms with Gasteiger partial charge in [0, 0.05) is 5.69 Å². The Bertz CT molecular complexity index is 1430. The van der Waals surface area contributed by atoms with Gasteiger partial charge < -0.3 is 15.5 Å². The number of hydrazone groups is 1.